The molecular formula is C11H10N4. The molecule has 0 aromatic carbocycles. The van der Waals surface area contributed by atoms with E-state index in [1.807, 2.05) is 26.1 Å². The summed E-state index contributed by atoms with van der Waals surface area (Å²) in [5.74, 6) is 0. The number of pyridine rings is 1. The second kappa shape index (κ2) is 3.54. The first kappa shape index (κ1) is 9.41. The summed E-state index contributed by atoms with van der Waals surface area (Å²) in [6.45, 7) is 8.77. The molecule has 4 heteroatoms. The first-order chi connectivity index (χ1) is 7.20. The predicted octanol–water partition coefficient (Wildman–Crippen LogP) is 2.34. The fourth-order valence-electron chi connectivity index (χ4n) is 1.45. The van der Waals surface area contributed by atoms with E-state index >= 15 is 0 Å². The van der Waals surface area contributed by atoms with Crippen LogP contribution in [0.3, 0.4) is 0 Å². The van der Waals surface area contributed by atoms with Crippen molar-refractivity contribution in [1.29, 1.82) is 0 Å². The maximum absolute atomic E-state index is 6.83. The third kappa shape index (κ3) is 1.72. The Hall–Kier alpha value is -2.15. The number of aromatic nitrogens is 3. The van der Waals surface area contributed by atoms with Crippen LogP contribution in [0, 0.1) is 13.5 Å². The fraction of sp³-hybridized carbons (Fsp3) is 0.182. The maximum Gasteiger partial charge on any atom is 0.205 e. The number of rotatable bonds is 1. The van der Waals surface area contributed by atoms with Crippen molar-refractivity contribution in [3.05, 3.63) is 41.5 Å². The molecule has 0 N–H and O–H groups in total. The van der Waals surface area contributed by atoms with Gasteiger partial charge in [0.1, 0.15) is 0 Å². The van der Waals surface area contributed by atoms with Crippen molar-refractivity contribution in [3.8, 4) is 11.4 Å². The first-order valence-electron chi connectivity index (χ1n) is 4.55. The minimum absolute atomic E-state index is 0.553. The smallest absolute Gasteiger partial charge is 0.205 e. The SMILES string of the molecule is [C-]#[N+]c1ccc(-c2cc(C)nn2C)nc1. The van der Waals surface area contributed by atoms with Gasteiger partial charge in [0.05, 0.1) is 23.7 Å². The number of hydrogen-bond donors (Lipinski definition) is 0. The Balaban J connectivity index is 2.46. The average molecular weight is 198 g/mol. The Labute approximate surface area is 88.0 Å². The molecule has 2 rings (SSSR count). The van der Waals surface area contributed by atoms with E-state index in [0.717, 1.165) is 17.1 Å². The van der Waals surface area contributed by atoms with Crippen molar-refractivity contribution >= 4 is 5.69 Å². The van der Waals surface area contributed by atoms with E-state index in [2.05, 4.69) is 14.9 Å². The van der Waals surface area contributed by atoms with Crippen molar-refractivity contribution < 1.29 is 0 Å². The first-order valence-corrected chi connectivity index (χ1v) is 4.55. The molecule has 0 spiro atoms. The molecule has 2 heterocycles. The molecule has 74 valence electrons. The average Bonchev–Trinajstić information content (AvgIpc) is 2.58. The van der Waals surface area contributed by atoms with Crippen molar-refractivity contribution in [3.63, 3.8) is 0 Å². The summed E-state index contributed by atoms with van der Waals surface area (Å²) in [6, 6.07) is 5.57. The van der Waals surface area contributed by atoms with Crippen molar-refractivity contribution in [2.45, 2.75) is 6.92 Å². The van der Waals surface area contributed by atoms with Gasteiger partial charge in [-0.05, 0) is 19.1 Å². The van der Waals surface area contributed by atoms with Gasteiger partial charge in [0, 0.05) is 13.2 Å². The number of hydrogen-bond acceptors (Lipinski definition) is 2. The van der Waals surface area contributed by atoms with E-state index in [1.54, 1.807) is 16.9 Å². The molecule has 0 aliphatic carbocycles. The fourth-order valence-corrected chi connectivity index (χ4v) is 1.45. The Morgan fingerprint density at radius 2 is 2.20 bits per heavy atom. The standard InChI is InChI=1S/C11H10N4/c1-8-6-11(15(3)14-8)10-5-4-9(12-2)7-13-10/h4-7H,1,3H3. The van der Waals surface area contributed by atoms with E-state index in [1.165, 1.54) is 0 Å². The zero-order valence-corrected chi connectivity index (χ0v) is 8.60. The van der Waals surface area contributed by atoms with E-state index in [0.29, 0.717) is 5.69 Å². The van der Waals surface area contributed by atoms with Crippen LogP contribution >= 0.6 is 0 Å². The van der Waals surface area contributed by atoms with E-state index in [-0.39, 0.29) is 0 Å². The van der Waals surface area contributed by atoms with Gasteiger partial charge in [-0.1, -0.05) is 6.07 Å². The van der Waals surface area contributed by atoms with Crippen LogP contribution in [0.15, 0.2) is 24.4 Å². The molecule has 0 radical (unpaired) electrons. The maximum atomic E-state index is 6.83. The monoisotopic (exact) mass is 198 g/mol. The van der Waals surface area contributed by atoms with E-state index < -0.39 is 0 Å². The molecule has 15 heavy (non-hydrogen) atoms. The normalized spacial score (nSPS) is 9.93. The minimum Gasteiger partial charge on any atom is -0.266 e. The molecule has 0 bridgehead atoms. The van der Waals surface area contributed by atoms with Gasteiger partial charge in [-0.25, -0.2) is 4.85 Å². The molecule has 2 aromatic rings. The molecule has 0 amide bonds. The lowest BCUT2D eigenvalue weighted by atomic mass is 10.2. The topological polar surface area (TPSA) is 35.1 Å². The highest BCUT2D eigenvalue weighted by molar-refractivity contribution is 5.58. The van der Waals surface area contributed by atoms with Crippen LogP contribution in [-0.4, -0.2) is 14.8 Å². The Morgan fingerprint density at radius 3 is 2.67 bits per heavy atom. The van der Waals surface area contributed by atoms with Crippen molar-refractivity contribution in [2.24, 2.45) is 7.05 Å². The largest absolute Gasteiger partial charge is 0.266 e. The molecule has 0 unspecified atom stereocenters. The highest BCUT2D eigenvalue weighted by atomic mass is 15.3. The summed E-state index contributed by atoms with van der Waals surface area (Å²) in [5, 5.41) is 4.25. The molecule has 0 aliphatic heterocycles. The highest BCUT2D eigenvalue weighted by Gasteiger charge is 2.05. The Morgan fingerprint density at radius 1 is 1.40 bits per heavy atom. The second-order valence-corrected chi connectivity index (χ2v) is 3.31. The van der Waals surface area contributed by atoms with E-state index in [4.69, 9.17) is 6.57 Å². The summed E-state index contributed by atoms with van der Waals surface area (Å²) in [5.41, 5.74) is 3.32. The van der Waals surface area contributed by atoms with Crippen LogP contribution in [0.2, 0.25) is 0 Å². The highest BCUT2D eigenvalue weighted by Crippen LogP contribution is 2.19. The van der Waals surface area contributed by atoms with Gasteiger partial charge in [-0.15, -0.1) is 0 Å². The summed E-state index contributed by atoms with van der Waals surface area (Å²) in [4.78, 5) is 7.52. The summed E-state index contributed by atoms with van der Waals surface area (Å²) in [6.07, 6.45) is 1.57. The van der Waals surface area contributed by atoms with Crippen molar-refractivity contribution in [1.82, 2.24) is 14.8 Å². The van der Waals surface area contributed by atoms with Crippen molar-refractivity contribution in [2.75, 3.05) is 0 Å². The summed E-state index contributed by atoms with van der Waals surface area (Å²) < 4.78 is 1.79. The zero-order chi connectivity index (χ0) is 10.8. The molecular weight excluding hydrogens is 188 g/mol. The van der Waals surface area contributed by atoms with Gasteiger partial charge in [0.25, 0.3) is 0 Å². The summed E-state index contributed by atoms with van der Waals surface area (Å²) >= 11 is 0. The molecule has 0 aliphatic rings. The lowest BCUT2D eigenvalue weighted by Crippen LogP contribution is -1.94. The molecule has 2 aromatic heterocycles. The van der Waals surface area contributed by atoms with Crippen LogP contribution in [0.5, 0.6) is 0 Å². The van der Waals surface area contributed by atoms with Crippen LogP contribution in [0.1, 0.15) is 5.69 Å². The predicted molar refractivity (Wildman–Crippen MR) is 57.4 cm³/mol. The van der Waals surface area contributed by atoms with Crippen LogP contribution < -0.4 is 0 Å². The van der Waals surface area contributed by atoms with Gasteiger partial charge in [-0.2, -0.15) is 5.10 Å². The molecule has 0 fully saturated rings. The van der Waals surface area contributed by atoms with Crippen LogP contribution in [0.4, 0.5) is 5.69 Å². The number of aryl methyl sites for hydroxylation is 2. The van der Waals surface area contributed by atoms with Gasteiger partial charge in [0.15, 0.2) is 0 Å². The number of nitrogens with zero attached hydrogens (tertiary/aromatic N) is 4. The third-order valence-electron chi connectivity index (χ3n) is 2.14. The van der Waals surface area contributed by atoms with Gasteiger partial charge in [0.2, 0.25) is 5.69 Å². The Bertz CT molecular complexity index is 517. The van der Waals surface area contributed by atoms with Gasteiger partial charge < -0.3 is 0 Å². The lowest BCUT2D eigenvalue weighted by Gasteiger charge is -2.00. The molecule has 0 atom stereocenters. The van der Waals surface area contributed by atoms with Crippen LogP contribution in [-0.2, 0) is 7.05 Å². The van der Waals surface area contributed by atoms with E-state index in [9.17, 15) is 0 Å². The van der Waals surface area contributed by atoms with Gasteiger partial charge >= 0.3 is 0 Å². The second-order valence-electron chi connectivity index (χ2n) is 3.31. The van der Waals surface area contributed by atoms with Crippen LogP contribution in [0.25, 0.3) is 16.2 Å². The Kier molecular flexibility index (Phi) is 2.22. The summed E-state index contributed by atoms with van der Waals surface area (Å²) in [7, 11) is 1.88. The minimum atomic E-state index is 0.553. The van der Waals surface area contributed by atoms with Gasteiger partial charge in [-0.3, -0.25) is 9.67 Å². The third-order valence-corrected chi connectivity index (χ3v) is 2.14. The molecule has 0 saturated heterocycles. The lowest BCUT2D eigenvalue weighted by molar-refractivity contribution is 0.762. The molecule has 4 nitrogen and oxygen atoms in total. The molecule has 0 saturated carbocycles. The zero-order valence-electron chi connectivity index (χ0n) is 8.60. The quantitative estimate of drug-likeness (QED) is 0.659.